The van der Waals surface area contributed by atoms with E-state index in [2.05, 4.69) is 15.5 Å². The molecule has 8 heteroatoms. The first-order valence-corrected chi connectivity index (χ1v) is 9.99. The van der Waals surface area contributed by atoms with Gasteiger partial charge < -0.3 is 9.64 Å². The quantitative estimate of drug-likeness (QED) is 0.660. The van der Waals surface area contributed by atoms with Gasteiger partial charge in [0.1, 0.15) is 5.25 Å². The van der Waals surface area contributed by atoms with Crippen molar-refractivity contribution >= 4 is 17.7 Å². The van der Waals surface area contributed by atoms with Gasteiger partial charge in [-0.2, -0.15) is 0 Å². The molecule has 0 saturated carbocycles. The van der Waals surface area contributed by atoms with Crippen LogP contribution in [0.3, 0.4) is 0 Å². The van der Waals surface area contributed by atoms with E-state index in [-0.39, 0.29) is 17.3 Å². The molecule has 140 valence electrons. The summed E-state index contributed by atoms with van der Waals surface area (Å²) in [6.45, 7) is 6.77. The molecule has 1 aromatic heterocycles. The Morgan fingerprint density at radius 1 is 1.35 bits per heavy atom. The number of aromatic nitrogens is 4. The number of ether oxygens (including phenoxy) is 1. The maximum atomic E-state index is 13.1. The molecule has 0 bridgehead atoms. The zero-order valence-electron chi connectivity index (χ0n) is 15.2. The predicted molar refractivity (Wildman–Crippen MR) is 99.8 cm³/mol. The van der Waals surface area contributed by atoms with Crippen LogP contribution in [0, 0.1) is 0 Å². The molecule has 1 aliphatic rings. The summed E-state index contributed by atoms with van der Waals surface area (Å²) in [6, 6.07) is 9.82. The highest BCUT2D eigenvalue weighted by Gasteiger charge is 2.28. The number of carbonyl (C=O) groups excluding carboxylic acids is 1. The standard InChI is InChI=1S/C18H25N5O2S/c1-3-22(4-2)17(24)16(14-9-6-5-7-10-14)26-18-19-20-21-23(18)13-15-11-8-12-25-15/h5-7,9-10,15-16H,3-4,8,11-13H2,1-2H3. The summed E-state index contributed by atoms with van der Waals surface area (Å²) in [5.74, 6) is 0.0814. The van der Waals surface area contributed by atoms with Gasteiger partial charge in [-0.1, -0.05) is 42.1 Å². The lowest BCUT2D eigenvalue weighted by Gasteiger charge is -2.24. The van der Waals surface area contributed by atoms with Crippen LogP contribution in [0.25, 0.3) is 0 Å². The van der Waals surface area contributed by atoms with Gasteiger partial charge in [-0.3, -0.25) is 4.79 Å². The summed E-state index contributed by atoms with van der Waals surface area (Å²) in [5, 5.41) is 12.4. The Labute approximate surface area is 158 Å². The fourth-order valence-electron chi connectivity index (χ4n) is 3.07. The van der Waals surface area contributed by atoms with Gasteiger partial charge in [-0.25, -0.2) is 4.68 Å². The summed E-state index contributed by atoms with van der Waals surface area (Å²) < 4.78 is 7.45. The fraction of sp³-hybridized carbons (Fsp3) is 0.556. The van der Waals surface area contributed by atoms with Crippen LogP contribution in [-0.4, -0.2) is 56.8 Å². The van der Waals surface area contributed by atoms with Crippen molar-refractivity contribution in [1.29, 1.82) is 0 Å². The van der Waals surface area contributed by atoms with Crippen LogP contribution in [0.2, 0.25) is 0 Å². The van der Waals surface area contributed by atoms with Gasteiger partial charge in [-0.05, 0) is 42.7 Å². The molecule has 26 heavy (non-hydrogen) atoms. The first kappa shape index (κ1) is 18.8. The Bertz CT molecular complexity index is 699. The molecule has 1 fully saturated rings. The molecule has 3 rings (SSSR count). The molecule has 2 unspecified atom stereocenters. The van der Waals surface area contributed by atoms with Crippen LogP contribution in [0.15, 0.2) is 35.5 Å². The second-order valence-electron chi connectivity index (χ2n) is 6.20. The highest BCUT2D eigenvalue weighted by molar-refractivity contribution is 8.00. The Morgan fingerprint density at radius 2 is 2.12 bits per heavy atom. The predicted octanol–water partition coefficient (Wildman–Crippen LogP) is 2.55. The molecule has 0 aliphatic carbocycles. The molecule has 1 amide bonds. The first-order chi connectivity index (χ1) is 12.7. The average Bonchev–Trinajstić information content (AvgIpc) is 3.34. The molecule has 2 heterocycles. The Morgan fingerprint density at radius 3 is 2.77 bits per heavy atom. The Balaban J connectivity index is 1.82. The topological polar surface area (TPSA) is 73.1 Å². The van der Waals surface area contributed by atoms with Gasteiger partial charge in [0.2, 0.25) is 11.1 Å². The number of nitrogens with zero attached hydrogens (tertiary/aromatic N) is 5. The Kier molecular flexibility index (Phi) is 6.62. The average molecular weight is 375 g/mol. The summed E-state index contributed by atoms with van der Waals surface area (Å²) in [7, 11) is 0. The van der Waals surface area contributed by atoms with Gasteiger partial charge in [0.15, 0.2) is 0 Å². The van der Waals surface area contributed by atoms with Gasteiger partial charge >= 0.3 is 0 Å². The molecular weight excluding hydrogens is 350 g/mol. The highest BCUT2D eigenvalue weighted by atomic mass is 32.2. The van der Waals surface area contributed by atoms with E-state index in [0.29, 0.717) is 24.8 Å². The third-order valence-corrected chi connectivity index (χ3v) is 5.74. The van der Waals surface area contributed by atoms with Crippen LogP contribution in [0.5, 0.6) is 0 Å². The SMILES string of the molecule is CCN(CC)C(=O)C(Sc1nnnn1CC1CCCO1)c1ccccc1. The zero-order chi connectivity index (χ0) is 18.4. The molecule has 1 aliphatic heterocycles. The minimum Gasteiger partial charge on any atom is -0.376 e. The minimum atomic E-state index is -0.370. The zero-order valence-corrected chi connectivity index (χ0v) is 16.1. The number of hydrogen-bond donors (Lipinski definition) is 0. The van der Waals surface area contributed by atoms with E-state index in [0.717, 1.165) is 25.0 Å². The number of benzene rings is 1. The van der Waals surface area contributed by atoms with Crippen molar-refractivity contribution in [2.75, 3.05) is 19.7 Å². The van der Waals surface area contributed by atoms with E-state index in [1.54, 1.807) is 4.68 Å². The maximum absolute atomic E-state index is 13.1. The number of tetrazole rings is 1. The van der Waals surface area contributed by atoms with Crippen molar-refractivity contribution < 1.29 is 9.53 Å². The van der Waals surface area contributed by atoms with Gasteiger partial charge in [0, 0.05) is 19.7 Å². The molecule has 0 radical (unpaired) electrons. The number of carbonyl (C=O) groups is 1. The minimum absolute atomic E-state index is 0.0814. The van der Waals surface area contributed by atoms with Crippen LogP contribution in [-0.2, 0) is 16.1 Å². The molecular formula is C18H25N5O2S. The van der Waals surface area contributed by atoms with Gasteiger partial charge in [0.05, 0.1) is 12.6 Å². The van der Waals surface area contributed by atoms with Gasteiger partial charge in [0.25, 0.3) is 0 Å². The van der Waals surface area contributed by atoms with E-state index >= 15 is 0 Å². The lowest BCUT2D eigenvalue weighted by molar-refractivity contribution is -0.130. The molecule has 0 N–H and O–H groups in total. The number of amides is 1. The van der Waals surface area contributed by atoms with Gasteiger partial charge in [-0.15, -0.1) is 5.10 Å². The molecule has 0 spiro atoms. The first-order valence-electron chi connectivity index (χ1n) is 9.11. The second-order valence-corrected chi connectivity index (χ2v) is 7.27. The van der Waals surface area contributed by atoms with E-state index in [1.165, 1.54) is 11.8 Å². The van der Waals surface area contributed by atoms with Crippen molar-refractivity contribution in [1.82, 2.24) is 25.1 Å². The monoisotopic (exact) mass is 375 g/mol. The largest absolute Gasteiger partial charge is 0.376 e. The van der Waals surface area contributed by atoms with Crippen molar-refractivity contribution in [3.63, 3.8) is 0 Å². The third-order valence-electron chi connectivity index (χ3n) is 4.52. The maximum Gasteiger partial charge on any atom is 0.240 e. The fourth-order valence-corrected chi connectivity index (χ4v) is 4.14. The van der Waals surface area contributed by atoms with Crippen molar-refractivity contribution in [2.45, 2.75) is 49.7 Å². The highest BCUT2D eigenvalue weighted by Crippen LogP contribution is 2.35. The number of likely N-dealkylation sites (N-methyl/N-ethyl adjacent to an activating group) is 1. The number of hydrogen-bond acceptors (Lipinski definition) is 6. The number of rotatable bonds is 8. The van der Waals surface area contributed by atoms with E-state index in [9.17, 15) is 4.79 Å². The molecule has 1 aromatic carbocycles. The smallest absolute Gasteiger partial charge is 0.240 e. The second kappa shape index (κ2) is 9.14. The van der Waals surface area contributed by atoms with Crippen molar-refractivity contribution in [3.8, 4) is 0 Å². The summed E-state index contributed by atoms with van der Waals surface area (Å²) in [4.78, 5) is 14.9. The van der Waals surface area contributed by atoms with E-state index in [1.807, 2.05) is 49.1 Å². The summed E-state index contributed by atoms with van der Waals surface area (Å²) in [5.41, 5.74) is 0.959. The Hall–Kier alpha value is -1.93. The lowest BCUT2D eigenvalue weighted by Crippen LogP contribution is -2.34. The molecule has 1 saturated heterocycles. The summed E-state index contributed by atoms with van der Waals surface area (Å²) in [6.07, 6.45) is 2.24. The molecule has 2 aromatic rings. The normalized spacial score (nSPS) is 18.0. The third kappa shape index (κ3) is 4.42. The van der Waals surface area contributed by atoms with Crippen molar-refractivity contribution in [2.24, 2.45) is 0 Å². The molecule has 7 nitrogen and oxygen atoms in total. The number of thioether (sulfide) groups is 1. The van der Waals surface area contributed by atoms with Crippen LogP contribution < -0.4 is 0 Å². The van der Waals surface area contributed by atoms with Crippen LogP contribution in [0.1, 0.15) is 37.5 Å². The lowest BCUT2D eigenvalue weighted by atomic mass is 10.1. The molecule has 2 atom stereocenters. The van der Waals surface area contributed by atoms with E-state index in [4.69, 9.17) is 4.74 Å². The van der Waals surface area contributed by atoms with Crippen molar-refractivity contribution in [3.05, 3.63) is 35.9 Å². The van der Waals surface area contributed by atoms with Crippen LogP contribution >= 0.6 is 11.8 Å². The van der Waals surface area contributed by atoms with E-state index < -0.39 is 0 Å². The van der Waals surface area contributed by atoms with Crippen LogP contribution in [0.4, 0.5) is 0 Å². The summed E-state index contributed by atoms with van der Waals surface area (Å²) >= 11 is 1.41.